The van der Waals surface area contributed by atoms with Gasteiger partial charge in [-0.15, -0.1) is 22.7 Å². The van der Waals surface area contributed by atoms with Crippen LogP contribution in [0, 0.1) is 29.1 Å². The molecule has 2 aromatic heterocycles. The lowest BCUT2D eigenvalue weighted by Crippen LogP contribution is -2.44. The van der Waals surface area contributed by atoms with Crippen LogP contribution in [-0.2, 0) is 32.0 Å². The van der Waals surface area contributed by atoms with Gasteiger partial charge in [0.15, 0.2) is 0 Å². The highest BCUT2D eigenvalue weighted by Crippen LogP contribution is 2.31. The highest BCUT2D eigenvalue weighted by Gasteiger charge is 2.32. The third-order valence-electron chi connectivity index (χ3n) is 10.6. The first-order valence-electron chi connectivity index (χ1n) is 21.8. The Morgan fingerprint density at radius 2 is 0.937 bits per heavy atom. The average Bonchev–Trinajstić information content (AvgIpc) is 3.89. The number of halogens is 5. The number of hydrogen-bond donors (Lipinski definition) is 3. The minimum Gasteiger partial charge on any atom is -0.480 e. The number of carboxylic acids is 1. The minimum atomic E-state index is -2.36. The summed E-state index contributed by atoms with van der Waals surface area (Å²) in [6, 6.07) is 13.0. The molecule has 0 aliphatic carbocycles. The number of thiophene rings is 2. The molecule has 0 bridgehead atoms. The van der Waals surface area contributed by atoms with Crippen molar-refractivity contribution in [3.05, 3.63) is 99.5 Å². The molecule has 0 aliphatic rings. The predicted octanol–water partition coefficient (Wildman–Crippen LogP) is 12.5. The van der Waals surface area contributed by atoms with E-state index in [2.05, 4.69) is 29.2 Å². The van der Waals surface area contributed by atoms with Gasteiger partial charge in [-0.1, -0.05) is 127 Å². The molecule has 3 aromatic carbocycles. The monoisotopic (exact) mass is 916 g/mol. The largest absolute Gasteiger partial charge is 0.480 e. The van der Waals surface area contributed by atoms with Gasteiger partial charge in [0.2, 0.25) is 46.6 Å². The second-order valence-electron chi connectivity index (χ2n) is 15.6. The maximum Gasteiger partial charge on any atom is 0.334 e. The first kappa shape index (κ1) is 50.8. The fraction of sp³-hybridized carbons (Fsp3) is 0.458. The third kappa shape index (κ3) is 15.7. The van der Waals surface area contributed by atoms with E-state index in [1.807, 2.05) is 47.8 Å². The van der Waals surface area contributed by atoms with E-state index in [0.29, 0.717) is 24.8 Å². The van der Waals surface area contributed by atoms with Gasteiger partial charge >= 0.3 is 11.9 Å². The second-order valence-corrected chi connectivity index (χ2v) is 17.4. The van der Waals surface area contributed by atoms with Crippen molar-refractivity contribution in [1.29, 1.82) is 0 Å². The molecule has 2 unspecified atom stereocenters. The van der Waals surface area contributed by atoms with Crippen LogP contribution in [0.2, 0.25) is 0 Å². The number of aliphatic carboxylic acids is 1. The maximum atomic E-state index is 14.1. The Bertz CT molecular complexity index is 2230. The standard InChI is InChI=1S/C27H28F5NO3S.C21H29NO3S/c1-2-3-4-5-6-7-8-13-20(34)33-18(14-16-15-37-19-12-10-9-11-17(16)19)27(35)36-26-24(31)22(29)21(28)23(30)25(26)32;1-2-3-4-5-6-7-8-13-20(23)22-18(21(24)25)14-16-15-26-19-12-10-9-11-17(16)19/h9-12,15,18H,2-8,13-14H2,1H3,(H,33,34);9-12,15,18H,2-8,13-14H2,1H3,(H,22,23)(H,24,25). The molecule has 8 nitrogen and oxygen atoms in total. The lowest BCUT2D eigenvalue weighted by atomic mass is 10.0. The number of hydrogen-bond acceptors (Lipinski definition) is 7. The zero-order chi connectivity index (χ0) is 45.7. The van der Waals surface area contributed by atoms with Crippen LogP contribution >= 0.6 is 22.7 Å². The molecular weight excluding hydrogens is 860 g/mol. The smallest absolute Gasteiger partial charge is 0.334 e. The van der Waals surface area contributed by atoms with Crippen molar-refractivity contribution >= 4 is 66.6 Å². The molecule has 342 valence electrons. The number of amides is 2. The Balaban J connectivity index is 0.000000294. The Morgan fingerprint density at radius 1 is 0.556 bits per heavy atom. The van der Waals surface area contributed by atoms with E-state index >= 15 is 0 Å². The first-order valence-corrected chi connectivity index (χ1v) is 23.6. The van der Waals surface area contributed by atoms with Crippen molar-refractivity contribution in [2.45, 2.75) is 142 Å². The molecule has 0 radical (unpaired) electrons. The van der Waals surface area contributed by atoms with Crippen LogP contribution in [0.1, 0.15) is 128 Å². The van der Waals surface area contributed by atoms with Gasteiger partial charge in [-0.25, -0.2) is 22.8 Å². The van der Waals surface area contributed by atoms with Crippen LogP contribution in [-0.4, -0.2) is 40.9 Å². The topological polar surface area (TPSA) is 122 Å². The summed E-state index contributed by atoms with van der Waals surface area (Å²) in [4.78, 5) is 49.2. The molecule has 5 aromatic rings. The molecule has 0 saturated heterocycles. The summed E-state index contributed by atoms with van der Waals surface area (Å²) in [5.41, 5.74) is 1.64. The highest BCUT2D eigenvalue weighted by molar-refractivity contribution is 7.17. The van der Waals surface area contributed by atoms with E-state index < -0.39 is 64.8 Å². The lowest BCUT2D eigenvalue weighted by Gasteiger charge is -2.18. The molecule has 15 heteroatoms. The minimum absolute atomic E-state index is 0.0962. The molecule has 0 fully saturated rings. The molecule has 2 atom stereocenters. The van der Waals surface area contributed by atoms with Crippen molar-refractivity contribution in [2.75, 3.05) is 0 Å². The van der Waals surface area contributed by atoms with Crippen LogP contribution in [0.25, 0.3) is 20.2 Å². The molecule has 0 aliphatic heterocycles. The maximum absolute atomic E-state index is 14.1. The zero-order valence-corrected chi connectivity index (χ0v) is 37.5. The molecule has 63 heavy (non-hydrogen) atoms. The fourth-order valence-electron chi connectivity index (χ4n) is 7.08. The second kappa shape index (κ2) is 26.7. The number of carbonyl (C=O) groups is 4. The van der Waals surface area contributed by atoms with Gasteiger partial charge in [0.1, 0.15) is 12.1 Å². The first-order chi connectivity index (χ1) is 30.4. The van der Waals surface area contributed by atoms with E-state index in [1.165, 1.54) is 37.0 Å². The summed E-state index contributed by atoms with van der Waals surface area (Å²) in [5, 5.41) is 20.3. The molecule has 3 N–H and O–H groups in total. The molecule has 5 rings (SSSR count). The van der Waals surface area contributed by atoms with Crippen LogP contribution in [0.5, 0.6) is 5.75 Å². The van der Waals surface area contributed by atoms with Gasteiger partial charge in [0.25, 0.3) is 0 Å². The SMILES string of the molecule is CCCCCCCCCC(=O)NC(Cc1csc2ccccc12)C(=O)O.CCCCCCCCCC(=O)NC(Cc1csc2ccccc12)C(=O)Oc1c(F)c(F)c(F)c(F)c1F. The third-order valence-corrected chi connectivity index (χ3v) is 12.6. The van der Waals surface area contributed by atoms with Gasteiger partial charge in [0.05, 0.1) is 0 Å². The Kier molecular flexibility index (Phi) is 21.5. The average molecular weight is 917 g/mol. The van der Waals surface area contributed by atoms with Gasteiger partial charge in [-0.2, -0.15) is 8.78 Å². The van der Waals surface area contributed by atoms with Gasteiger partial charge in [-0.3, -0.25) is 9.59 Å². The van der Waals surface area contributed by atoms with Crippen molar-refractivity contribution in [1.82, 2.24) is 10.6 Å². The summed E-state index contributed by atoms with van der Waals surface area (Å²) >= 11 is 3.01. The summed E-state index contributed by atoms with van der Waals surface area (Å²) in [6.07, 6.45) is 15.6. The van der Waals surface area contributed by atoms with E-state index in [1.54, 1.807) is 22.8 Å². The number of fused-ring (bicyclic) bond motifs is 2. The van der Waals surface area contributed by atoms with Crippen LogP contribution in [0.4, 0.5) is 22.0 Å². The quantitative estimate of drug-likeness (QED) is 0.0134. The number of benzene rings is 3. The van der Waals surface area contributed by atoms with Gasteiger partial charge in [0, 0.05) is 35.1 Å². The van der Waals surface area contributed by atoms with E-state index in [-0.39, 0.29) is 18.7 Å². The number of nitrogens with one attached hydrogen (secondary N) is 2. The summed E-state index contributed by atoms with van der Waals surface area (Å²) < 4.78 is 75.5. The summed E-state index contributed by atoms with van der Waals surface area (Å²) in [6.45, 7) is 4.32. The summed E-state index contributed by atoms with van der Waals surface area (Å²) in [5.74, 6) is -16.0. The zero-order valence-electron chi connectivity index (χ0n) is 35.9. The van der Waals surface area contributed by atoms with Gasteiger partial charge < -0.3 is 20.5 Å². The Labute approximate surface area is 373 Å². The van der Waals surface area contributed by atoms with Crippen molar-refractivity contribution < 1.29 is 51.0 Å². The van der Waals surface area contributed by atoms with Gasteiger partial charge in [-0.05, 0) is 57.6 Å². The normalized spacial score (nSPS) is 12.1. The highest BCUT2D eigenvalue weighted by atomic mass is 32.1. The number of ether oxygens (including phenoxy) is 1. The lowest BCUT2D eigenvalue weighted by molar-refractivity contribution is -0.141. The number of carbonyl (C=O) groups excluding carboxylic acids is 3. The molecule has 2 amide bonds. The van der Waals surface area contributed by atoms with E-state index in [4.69, 9.17) is 0 Å². The predicted molar refractivity (Wildman–Crippen MR) is 240 cm³/mol. The summed E-state index contributed by atoms with van der Waals surface area (Å²) in [7, 11) is 0. The molecule has 0 spiro atoms. The van der Waals surface area contributed by atoms with Crippen LogP contribution in [0.3, 0.4) is 0 Å². The molecule has 2 heterocycles. The van der Waals surface area contributed by atoms with E-state index in [9.17, 15) is 46.2 Å². The van der Waals surface area contributed by atoms with E-state index in [0.717, 1.165) is 83.5 Å². The number of carboxylic acid groups (broad SMARTS) is 1. The van der Waals surface area contributed by atoms with Crippen molar-refractivity contribution in [3.63, 3.8) is 0 Å². The Hall–Kier alpha value is -4.89. The number of rotatable bonds is 25. The Morgan fingerprint density at radius 3 is 1.38 bits per heavy atom. The van der Waals surface area contributed by atoms with Crippen LogP contribution in [0.15, 0.2) is 59.3 Å². The number of esters is 1. The molecule has 0 saturated carbocycles. The molecular formula is C48H57F5N2O6S2. The van der Waals surface area contributed by atoms with Crippen LogP contribution < -0.4 is 15.4 Å². The van der Waals surface area contributed by atoms with Crippen molar-refractivity contribution in [3.8, 4) is 5.75 Å². The number of unbranched alkanes of at least 4 members (excludes halogenated alkanes) is 12. The fourth-order valence-corrected chi connectivity index (χ4v) is 9.03. The van der Waals surface area contributed by atoms with Crippen molar-refractivity contribution in [2.24, 2.45) is 0 Å².